The van der Waals surface area contributed by atoms with E-state index in [9.17, 15) is 34.8 Å². The lowest BCUT2D eigenvalue weighted by molar-refractivity contribution is -0.143. The molecule has 2 heterocycles. The van der Waals surface area contributed by atoms with Crippen molar-refractivity contribution in [2.45, 2.75) is 23.8 Å². The van der Waals surface area contributed by atoms with Gasteiger partial charge in [0, 0.05) is 22.5 Å². The molecule has 43 heavy (non-hydrogen) atoms. The summed E-state index contributed by atoms with van der Waals surface area (Å²) in [7, 11) is -3.39. The first-order valence-electron chi connectivity index (χ1n) is 12.5. The lowest BCUT2D eigenvalue weighted by Gasteiger charge is -2.17. The summed E-state index contributed by atoms with van der Waals surface area (Å²) in [6.45, 7) is 3.26. The van der Waals surface area contributed by atoms with Gasteiger partial charge in [-0.1, -0.05) is 24.8 Å². The zero-order chi connectivity index (χ0) is 31.2. The van der Waals surface area contributed by atoms with Gasteiger partial charge >= 0.3 is 12.4 Å². The molecular weight excluding hydrogens is 596 g/mol. The van der Waals surface area contributed by atoms with E-state index < -0.39 is 44.9 Å². The Hall–Kier alpha value is -4.49. The number of rotatable bonds is 7. The number of halogens is 6. The number of sulfonamides is 1. The number of benzene rings is 3. The number of aromatic nitrogens is 2. The minimum Gasteiger partial charge on any atom is -0.497 e. The molecule has 0 saturated carbocycles. The number of hydrogen-bond donors (Lipinski definition) is 1. The van der Waals surface area contributed by atoms with Crippen LogP contribution in [0.4, 0.5) is 26.3 Å². The van der Waals surface area contributed by atoms with E-state index in [1.54, 1.807) is 54.7 Å². The average molecular weight is 618 g/mol. The Morgan fingerprint density at radius 2 is 1.56 bits per heavy atom. The number of nitrogens with one attached hydrogen (secondary N) is 1. The van der Waals surface area contributed by atoms with Crippen molar-refractivity contribution >= 4 is 37.9 Å². The minimum absolute atomic E-state index is 0.137. The monoisotopic (exact) mass is 617 g/mol. The highest BCUT2D eigenvalue weighted by Crippen LogP contribution is 2.38. The number of pyridine rings is 2. The van der Waals surface area contributed by atoms with E-state index in [4.69, 9.17) is 4.74 Å². The molecule has 13 heteroatoms. The van der Waals surface area contributed by atoms with E-state index in [1.807, 2.05) is 6.07 Å². The number of hydrogen-bond acceptors (Lipinski definition) is 5. The highest BCUT2D eigenvalue weighted by molar-refractivity contribution is 7.89. The van der Waals surface area contributed by atoms with Crippen LogP contribution in [0.5, 0.6) is 5.75 Å². The lowest BCUT2D eigenvalue weighted by Crippen LogP contribution is -2.25. The summed E-state index contributed by atoms with van der Waals surface area (Å²) in [6, 6.07) is 14.0. The van der Waals surface area contributed by atoms with Crippen molar-refractivity contribution < 1.29 is 39.5 Å². The third kappa shape index (κ3) is 6.04. The van der Waals surface area contributed by atoms with Crippen LogP contribution in [-0.4, -0.2) is 25.5 Å². The molecule has 0 aliphatic rings. The first-order valence-corrected chi connectivity index (χ1v) is 14.0. The third-order valence-electron chi connectivity index (χ3n) is 6.73. The van der Waals surface area contributed by atoms with Crippen LogP contribution in [-0.2, 0) is 28.9 Å². The van der Waals surface area contributed by atoms with E-state index in [0.717, 1.165) is 5.56 Å². The normalized spacial score (nSPS) is 12.5. The van der Waals surface area contributed by atoms with Crippen molar-refractivity contribution in [3.05, 3.63) is 102 Å². The largest absolute Gasteiger partial charge is 0.497 e. The van der Waals surface area contributed by atoms with Gasteiger partial charge in [-0.3, -0.25) is 9.97 Å². The molecular formula is C30H21F6N3O3S. The summed E-state index contributed by atoms with van der Waals surface area (Å²) >= 11 is 0. The lowest BCUT2D eigenvalue weighted by atomic mass is 9.96. The molecule has 5 rings (SSSR count). The van der Waals surface area contributed by atoms with Crippen LogP contribution in [0.1, 0.15) is 22.4 Å². The van der Waals surface area contributed by atoms with E-state index in [2.05, 4.69) is 21.3 Å². The summed E-state index contributed by atoms with van der Waals surface area (Å²) < 4.78 is 114. The quantitative estimate of drug-likeness (QED) is 0.190. The van der Waals surface area contributed by atoms with E-state index in [1.165, 1.54) is 7.11 Å². The predicted molar refractivity (Wildman–Crippen MR) is 150 cm³/mol. The number of methoxy groups -OCH3 is 1. The Bertz CT molecular complexity index is 1960. The van der Waals surface area contributed by atoms with Gasteiger partial charge in [0.25, 0.3) is 0 Å². The first-order chi connectivity index (χ1) is 20.2. The van der Waals surface area contributed by atoms with Crippen LogP contribution in [0.25, 0.3) is 39.0 Å². The summed E-state index contributed by atoms with van der Waals surface area (Å²) in [4.78, 5) is 7.81. The van der Waals surface area contributed by atoms with Crippen molar-refractivity contribution in [2.24, 2.45) is 0 Å². The van der Waals surface area contributed by atoms with Gasteiger partial charge < -0.3 is 4.74 Å². The van der Waals surface area contributed by atoms with Crippen molar-refractivity contribution in [3.63, 3.8) is 0 Å². The van der Waals surface area contributed by atoms with Gasteiger partial charge in [0.05, 0.1) is 46.4 Å². The number of fused-ring (bicyclic) bond motifs is 2. The van der Waals surface area contributed by atoms with Crippen LogP contribution >= 0.6 is 0 Å². The summed E-state index contributed by atoms with van der Waals surface area (Å²) in [6.07, 6.45) is -7.27. The van der Waals surface area contributed by atoms with Crippen LogP contribution < -0.4 is 9.46 Å². The van der Waals surface area contributed by atoms with Crippen molar-refractivity contribution in [3.8, 4) is 16.9 Å². The van der Waals surface area contributed by atoms with Crippen molar-refractivity contribution in [2.75, 3.05) is 7.11 Å². The predicted octanol–water partition coefficient (Wildman–Crippen LogP) is 7.62. The van der Waals surface area contributed by atoms with Crippen LogP contribution in [0, 0.1) is 0 Å². The first kappa shape index (κ1) is 30.0. The molecule has 0 aliphatic heterocycles. The Morgan fingerprint density at radius 3 is 2.19 bits per heavy atom. The van der Waals surface area contributed by atoms with Gasteiger partial charge in [-0.2, -0.15) is 26.3 Å². The van der Waals surface area contributed by atoms with Gasteiger partial charge in [-0.25, -0.2) is 13.1 Å². The van der Waals surface area contributed by atoms with Gasteiger partial charge in [0.15, 0.2) is 0 Å². The SMILES string of the molecule is C=Cc1cccc2nc(CNS(=O)(=O)c3cc(C(F)(F)F)cc(C(F)(F)F)c3)c(-c3ccnc4ccc(OC)cc34)cc12. The second-order valence-electron chi connectivity index (χ2n) is 9.41. The molecule has 0 atom stereocenters. The number of ether oxygens (including phenoxy) is 1. The minimum atomic E-state index is -5.22. The van der Waals surface area contributed by atoms with Gasteiger partial charge in [-0.15, -0.1) is 0 Å². The van der Waals surface area contributed by atoms with Gasteiger partial charge in [-0.05, 0) is 65.7 Å². The Labute approximate surface area is 241 Å². The van der Waals surface area contributed by atoms with Crippen molar-refractivity contribution in [1.29, 1.82) is 0 Å². The summed E-state index contributed by atoms with van der Waals surface area (Å²) in [5.74, 6) is 0.523. The second-order valence-corrected chi connectivity index (χ2v) is 11.2. The van der Waals surface area contributed by atoms with Crippen LogP contribution in [0.2, 0.25) is 0 Å². The van der Waals surface area contributed by atoms with Crippen LogP contribution in [0.15, 0.2) is 84.4 Å². The molecule has 0 bridgehead atoms. The van der Waals surface area contributed by atoms with E-state index in [-0.39, 0.29) is 23.9 Å². The van der Waals surface area contributed by atoms with Crippen molar-refractivity contribution in [1.82, 2.24) is 14.7 Å². The highest BCUT2D eigenvalue weighted by atomic mass is 32.2. The molecule has 0 radical (unpaired) electrons. The molecule has 1 N–H and O–H groups in total. The maximum absolute atomic E-state index is 13.4. The Morgan fingerprint density at radius 1 is 0.860 bits per heavy atom. The fourth-order valence-electron chi connectivity index (χ4n) is 4.62. The third-order valence-corrected chi connectivity index (χ3v) is 8.11. The smallest absolute Gasteiger partial charge is 0.416 e. The topological polar surface area (TPSA) is 81.2 Å². The number of nitrogens with zero attached hydrogens (tertiary/aromatic N) is 2. The Balaban J connectivity index is 1.66. The highest BCUT2D eigenvalue weighted by Gasteiger charge is 2.38. The molecule has 0 aliphatic carbocycles. The zero-order valence-electron chi connectivity index (χ0n) is 22.2. The fraction of sp³-hybridized carbons (Fsp3) is 0.133. The maximum atomic E-state index is 13.4. The van der Waals surface area contributed by atoms with Gasteiger partial charge in [0.1, 0.15) is 5.75 Å². The molecule has 0 amide bonds. The molecule has 0 spiro atoms. The molecule has 6 nitrogen and oxygen atoms in total. The molecule has 2 aromatic heterocycles. The summed E-state index contributed by atoms with van der Waals surface area (Å²) in [5, 5.41) is 1.32. The van der Waals surface area contributed by atoms with Crippen LogP contribution in [0.3, 0.4) is 0 Å². The van der Waals surface area contributed by atoms with E-state index in [0.29, 0.717) is 38.7 Å². The molecule has 0 saturated heterocycles. The summed E-state index contributed by atoms with van der Waals surface area (Å²) in [5.41, 5.74) is -0.512. The molecule has 0 unspecified atom stereocenters. The number of alkyl halides is 6. The zero-order valence-corrected chi connectivity index (χ0v) is 23.0. The second kappa shape index (κ2) is 11.0. The Kier molecular flexibility index (Phi) is 7.65. The van der Waals surface area contributed by atoms with Gasteiger partial charge in [0.2, 0.25) is 10.0 Å². The molecule has 222 valence electrons. The molecule has 5 aromatic rings. The molecule has 0 fully saturated rings. The standard InChI is InChI=1S/C30H21F6N3O3S/c1-3-17-5-4-6-27-23(17)15-25(22-9-10-37-26-8-7-20(42-2)14-24(22)26)28(39-27)16-38-43(40,41)21-12-18(29(31,32)33)11-19(13-21)30(34,35)36/h3-15,38H,1,16H2,2H3. The maximum Gasteiger partial charge on any atom is 0.416 e. The average Bonchev–Trinajstić information content (AvgIpc) is 2.97. The van der Waals surface area contributed by atoms with E-state index >= 15 is 0 Å². The molecule has 3 aromatic carbocycles. The fourth-order valence-corrected chi connectivity index (χ4v) is 5.68.